The Morgan fingerprint density at radius 2 is 1.88 bits per heavy atom. The van der Waals surface area contributed by atoms with Crippen molar-refractivity contribution in [2.75, 3.05) is 17.2 Å². The summed E-state index contributed by atoms with van der Waals surface area (Å²) in [6.07, 6.45) is 4.64. The molecule has 1 amide bonds. The van der Waals surface area contributed by atoms with E-state index < -0.39 is 11.2 Å². The zero-order chi connectivity index (χ0) is 23.1. The van der Waals surface area contributed by atoms with Crippen LogP contribution in [0, 0.1) is 6.92 Å². The van der Waals surface area contributed by atoms with Gasteiger partial charge in [-0.15, -0.1) is 0 Å². The number of amides is 1. The average molecular weight is 433 g/mol. The predicted molar refractivity (Wildman–Crippen MR) is 129 cm³/mol. The van der Waals surface area contributed by atoms with Crippen molar-refractivity contribution in [3.05, 3.63) is 98.2 Å². The number of H-pyrrole nitrogens is 1. The first-order valence-electron chi connectivity index (χ1n) is 10.6. The molecule has 7 nitrogen and oxygen atoms in total. The number of aromatic nitrogens is 2. The van der Waals surface area contributed by atoms with Gasteiger partial charge in [0.25, 0.3) is 11.5 Å². The van der Waals surface area contributed by atoms with Crippen LogP contribution in [0.15, 0.2) is 70.3 Å². The number of aromatic amines is 1. The molecule has 32 heavy (non-hydrogen) atoms. The topological polar surface area (TPSA) is 101 Å². The maximum atomic E-state index is 13.1. The first-order valence-corrected chi connectivity index (χ1v) is 10.6. The molecule has 3 rings (SSSR count). The van der Waals surface area contributed by atoms with E-state index in [0.717, 1.165) is 23.1 Å². The Labute approximate surface area is 186 Å². The fraction of sp³-hybridized carbons (Fsp3) is 0.240. The molecule has 1 aromatic heterocycles. The Balaban J connectivity index is 2.01. The van der Waals surface area contributed by atoms with Crippen molar-refractivity contribution in [2.24, 2.45) is 0 Å². The fourth-order valence-electron chi connectivity index (χ4n) is 3.44. The number of nitrogen functional groups attached to an aromatic ring is 1. The Morgan fingerprint density at radius 3 is 2.56 bits per heavy atom. The Hall–Kier alpha value is -3.87. The molecule has 0 spiro atoms. The SMILES string of the molecule is CCCCN(C(=O)/C=C/c1cccc(C)c1)c1c(N)n(Cc2ccccc2)c(=O)[nH]c1=O. The summed E-state index contributed by atoms with van der Waals surface area (Å²) >= 11 is 0. The molecule has 3 N–H and O–H groups in total. The lowest BCUT2D eigenvalue weighted by molar-refractivity contribution is -0.114. The molecule has 2 aromatic carbocycles. The smallest absolute Gasteiger partial charge is 0.330 e. The van der Waals surface area contributed by atoms with Gasteiger partial charge >= 0.3 is 5.69 Å². The van der Waals surface area contributed by atoms with E-state index in [1.165, 1.54) is 15.5 Å². The van der Waals surface area contributed by atoms with Crippen LogP contribution in [-0.2, 0) is 11.3 Å². The molecule has 0 aliphatic carbocycles. The van der Waals surface area contributed by atoms with Gasteiger partial charge in [-0.3, -0.25) is 19.1 Å². The van der Waals surface area contributed by atoms with Crippen LogP contribution in [0.5, 0.6) is 0 Å². The van der Waals surface area contributed by atoms with Gasteiger partial charge in [0.15, 0.2) is 5.69 Å². The molecule has 7 heteroatoms. The zero-order valence-corrected chi connectivity index (χ0v) is 18.4. The highest BCUT2D eigenvalue weighted by molar-refractivity contribution is 6.05. The lowest BCUT2D eigenvalue weighted by Gasteiger charge is -2.23. The number of benzene rings is 2. The van der Waals surface area contributed by atoms with E-state index in [1.807, 2.05) is 68.4 Å². The number of nitrogens with one attached hydrogen (secondary N) is 1. The van der Waals surface area contributed by atoms with E-state index >= 15 is 0 Å². The summed E-state index contributed by atoms with van der Waals surface area (Å²) in [4.78, 5) is 42.0. The van der Waals surface area contributed by atoms with Gasteiger partial charge in [0, 0.05) is 12.6 Å². The van der Waals surface area contributed by atoms with Gasteiger partial charge in [-0.2, -0.15) is 0 Å². The summed E-state index contributed by atoms with van der Waals surface area (Å²) < 4.78 is 1.28. The van der Waals surface area contributed by atoms with Gasteiger partial charge < -0.3 is 10.6 Å². The number of anilines is 2. The molecule has 166 valence electrons. The molecule has 0 saturated carbocycles. The first-order chi connectivity index (χ1) is 15.4. The summed E-state index contributed by atoms with van der Waals surface area (Å²) in [5.41, 5.74) is 7.81. The lowest BCUT2D eigenvalue weighted by Crippen LogP contribution is -2.41. The van der Waals surface area contributed by atoms with E-state index in [0.29, 0.717) is 13.0 Å². The molecule has 0 radical (unpaired) electrons. The van der Waals surface area contributed by atoms with E-state index in [9.17, 15) is 14.4 Å². The molecule has 0 saturated heterocycles. The highest BCUT2D eigenvalue weighted by atomic mass is 16.2. The summed E-state index contributed by atoms with van der Waals surface area (Å²) in [5.74, 6) is -0.405. The van der Waals surface area contributed by atoms with Crippen molar-refractivity contribution in [3.8, 4) is 0 Å². The third-order valence-corrected chi connectivity index (χ3v) is 5.13. The van der Waals surface area contributed by atoms with Crippen molar-refractivity contribution >= 4 is 23.5 Å². The monoisotopic (exact) mass is 432 g/mol. The van der Waals surface area contributed by atoms with E-state index in [4.69, 9.17) is 5.73 Å². The summed E-state index contributed by atoms with van der Waals surface area (Å²) in [6.45, 7) is 4.46. The van der Waals surface area contributed by atoms with Crippen LogP contribution in [0.4, 0.5) is 11.5 Å². The maximum absolute atomic E-state index is 13.1. The lowest BCUT2D eigenvalue weighted by atomic mass is 10.1. The molecule has 0 fully saturated rings. The Morgan fingerprint density at radius 1 is 1.12 bits per heavy atom. The molecular weight excluding hydrogens is 404 g/mol. The van der Waals surface area contributed by atoms with Crippen LogP contribution in [0.25, 0.3) is 6.08 Å². The average Bonchev–Trinajstić information content (AvgIpc) is 2.78. The van der Waals surface area contributed by atoms with Crippen LogP contribution in [0.1, 0.15) is 36.5 Å². The minimum atomic E-state index is -0.676. The molecule has 0 unspecified atom stereocenters. The highest BCUT2D eigenvalue weighted by Gasteiger charge is 2.22. The van der Waals surface area contributed by atoms with Crippen LogP contribution in [-0.4, -0.2) is 22.0 Å². The van der Waals surface area contributed by atoms with E-state index in [1.54, 1.807) is 6.08 Å². The highest BCUT2D eigenvalue weighted by Crippen LogP contribution is 2.19. The van der Waals surface area contributed by atoms with Crippen LogP contribution in [0.3, 0.4) is 0 Å². The second-order valence-corrected chi connectivity index (χ2v) is 7.66. The Kier molecular flexibility index (Phi) is 7.44. The Bertz CT molecular complexity index is 1230. The number of hydrogen-bond donors (Lipinski definition) is 2. The number of carbonyl (C=O) groups is 1. The first kappa shape index (κ1) is 22.8. The van der Waals surface area contributed by atoms with Crippen molar-refractivity contribution in [1.82, 2.24) is 9.55 Å². The molecular formula is C25H28N4O3. The second kappa shape index (κ2) is 10.4. The summed E-state index contributed by atoms with van der Waals surface area (Å²) in [7, 11) is 0. The second-order valence-electron chi connectivity index (χ2n) is 7.66. The normalized spacial score (nSPS) is 11.1. The molecule has 0 aliphatic rings. The molecule has 1 heterocycles. The summed E-state index contributed by atoms with van der Waals surface area (Å²) in [6, 6.07) is 17.1. The van der Waals surface area contributed by atoms with E-state index in [2.05, 4.69) is 4.98 Å². The zero-order valence-electron chi connectivity index (χ0n) is 18.4. The van der Waals surface area contributed by atoms with Gasteiger partial charge in [-0.1, -0.05) is 73.5 Å². The standard InChI is InChI=1S/C25H28N4O3/c1-3-4-15-28(21(30)14-13-19-12-8-9-18(2)16-19)22-23(26)29(25(32)27-24(22)31)17-20-10-6-5-7-11-20/h5-14,16H,3-4,15,17,26H2,1-2H3,(H,27,31,32)/b14-13+. The molecule has 0 atom stereocenters. The van der Waals surface area contributed by atoms with Gasteiger partial charge in [0.2, 0.25) is 0 Å². The molecule has 3 aromatic rings. The van der Waals surface area contributed by atoms with Gasteiger partial charge in [-0.05, 0) is 30.5 Å². The van der Waals surface area contributed by atoms with Gasteiger partial charge in [0.05, 0.1) is 6.54 Å². The van der Waals surface area contributed by atoms with Crippen LogP contribution in [0.2, 0.25) is 0 Å². The number of unbranched alkanes of at least 4 members (excludes halogenated alkanes) is 1. The van der Waals surface area contributed by atoms with Crippen molar-refractivity contribution < 1.29 is 4.79 Å². The van der Waals surface area contributed by atoms with Crippen molar-refractivity contribution in [2.45, 2.75) is 33.2 Å². The fourth-order valence-corrected chi connectivity index (χ4v) is 3.44. The minimum absolute atomic E-state index is 0.00660. The van der Waals surface area contributed by atoms with E-state index in [-0.39, 0.29) is 24.0 Å². The number of nitrogens with zero attached hydrogens (tertiary/aromatic N) is 2. The molecule has 0 aliphatic heterocycles. The largest absolute Gasteiger partial charge is 0.383 e. The number of carbonyl (C=O) groups excluding carboxylic acids is 1. The quantitative estimate of drug-likeness (QED) is 0.533. The third-order valence-electron chi connectivity index (χ3n) is 5.13. The number of aryl methyl sites for hydroxylation is 1. The van der Waals surface area contributed by atoms with Crippen LogP contribution >= 0.6 is 0 Å². The van der Waals surface area contributed by atoms with Crippen molar-refractivity contribution in [3.63, 3.8) is 0 Å². The maximum Gasteiger partial charge on any atom is 0.330 e. The van der Waals surface area contributed by atoms with Crippen LogP contribution < -0.4 is 21.9 Å². The van der Waals surface area contributed by atoms with Crippen molar-refractivity contribution in [1.29, 1.82) is 0 Å². The third kappa shape index (κ3) is 5.43. The number of nitrogens with two attached hydrogens (primary N) is 1. The van der Waals surface area contributed by atoms with Gasteiger partial charge in [-0.25, -0.2) is 4.79 Å². The molecule has 0 bridgehead atoms. The number of rotatable bonds is 8. The minimum Gasteiger partial charge on any atom is -0.383 e. The van der Waals surface area contributed by atoms with Gasteiger partial charge in [0.1, 0.15) is 5.82 Å². The predicted octanol–water partition coefficient (Wildman–Crippen LogP) is 3.32. The number of hydrogen-bond acceptors (Lipinski definition) is 4. The summed E-state index contributed by atoms with van der Waals surface area (Å²) in [5, 5.41) is 0.